The Kier molecular flexibility index (Phi) is 4.25. The van der Waals surface area contributed by atoms with Crippen molar-refractivity contribution in [2.45, 2.75) is 6.61 Å². The fourth-order valence-electron chi connectivity index (χ4n) is 2.22. The molecule has 1 N–H and O–H groups in total. The molecule has 2 aromatic rings. The second kappa shape index (κ2) is 6.49. The van der Waals surface area contributed by atoms with E-state index >= 15 is 0 Å². The van der Waals surface area contributed by atoms with Gasteiger partial charge in [-0.15, -0.1) is 0 Å². The minimum absolute atomic E-state index is 0.145. The third-order valence-electron chi connectivity index (χ3n) is 3.37. The number of hydrogen-bond donors (Lipinski definition) is 1. The zero-order chi connectivity index (χ0) is 14.5. The first-order valence-corrected chi connectivity index (χ1v) is 6.97. The molecule has 110 valence electrons. The summed E-state index contributed by atoms with van der Waals surface area (Å²) >= 11 is 0. The average molecular weight is 288 g/mol. The number of halogens is 1. The Morgan fingerprint density at radius 3 is 2.81 bits per heavy atom. The van der Waals surface area contributed by atoms with Gasteiger partial charge in [0.05, 0.1) is 12.4 Å². The molecule has 21 heavy (non-hydrogen) atoms. The second-order valence-corrected chi connectivity index (χ2v) is 4.83. The van der Waals surface area contributed by atoms with Crippen LogP contribution in [0.1, 0.15) is 5.56 Å². The number of nitrogens with zero attached hydrogens (tertiary/aromatic N) is 3. The van der Waals surface area contributed by atoms with Gasteiger partial charge in [-0.3, -0.25) is 4.98 Å². The van der Waals surface area contributed by atoms with Crippen molar-refractivity contribution in [2.24, 2.45) is 0 Å². The molecule has 1 saturated heterocycles. The number of nitrogens with one attached hydrogen (secondary N) is 1. The Labute approximate surface area is 122 Å². The lowest BCUT2D eigenvalue weighted by Crippen LogP contribution is -2.43. The highest BCUT2D eigenvalue weighted by molar-refractivity contribution is 5.38. The third-order valence-corrected chi connectivity index (χ3v) is 3.37. The van der Waals surface area contributed by atoms with Crippen LogP contribution in [0.5, 0.6) is 5.88 Å². The van der Waals surface area contributed by atoms with Gasteiger partial charge < -0.3 is 15.0 Å². The maximum absolute atomic E-state index is 13.5. The summed E-state index contributed by atoms with van der Waals surface area (Å²) < 4.78 is 19.1. The average Bonchev–Trinajstić information content (AvgIpc) is 2.55. The first-order valence-electron chi connectivity index (χ1n) is 6.97. The Bertz CT molecular complexity index is 602. The molecule has 1 fully saturated rings. The van der Waals surface area contributed by atoms with Crippen molar-refractivity contribution in [3.8, 4) is 5.88 Å². The quantitative estimate of drug-likeness (QED) is 0.926. The highest BCUT2D eigenvalue weighted by atomic mass is 19.1. The predicted molar refractivity (Wildman–Crippen MR) is 77.8 cm³/mol. The number of hydrogen-bond acceptors (Lipinski definition) is 5. The monoisotopic (exact) mass is 288 g/mol. The van der Waals surface area contributed by atoms with Gasteiger partial charge in [-0.05, 0) is 6.07 Å². The van der Waals surface area contributed by atoms with Crippen molar-refractivity contribution >= 4 is 5.82 Å². The molecule has 1 aliphatic rings. The minimum Gasteiger partial charge on any atom is -0.472 e. The van der Waals surface area contributed by atoms with E-state index in [1.54, 1.807) is 30.6 Å². The first kappa shape index (κ1) is 13.8. The van der Waals surface area contributed by atoms with Crippen LogP contribution in [0, 0.1) is 5.82 Å². The number of ether oxygens (including phenoxy) is 1. The van der Waals surface area contributed by atoms with Crippen LogP contribution >= 0.6 is 0 Å². The van der Waals surface area contributed by atoms with Gasteiger partial charge in [-0.25, -0.2) is 4.39 Å². The van der Waals surface area contributed by atoms with Gasteiger partial charge in [0.25, 0.3) is 0 Å². The predicted octanol–water partition coefficient (Wildman–Crippen LogP) is 1.60. The Morgan fingerprint density at radius 1 is 1.19 bits per heavy atom. The zero-order valence-electron chi connectivity index (χ0n) is 11.6. The fourth-order valence-corrected chi connectivity index (χ4v) is 2.22. The smallest absolute Gasteiger partial charge is 0.234 e. The molecular weight excluding hydrogens is 271 g/mol. The van der Waals surface area contributed by atoms with E-state index < -0.39 is 0 Å². The molecule has 0 atom stereocenters. The fraction of sp³-hybridized carbons (Fsp3) is 0.333. The maximum Gasteiger partial charge on any atom is 0.234 e. The highest BCUT2D eigenvalue weighted by Gasteiger charge is 2.13. The summed E-state index contributed by atoms with van der Waals surface area (Å²) in [6.45, 7) is 3.80. The van der Waals surface area contributed by atoms with Crippen molar-refractivity contribution < 1.29 is 9.13 Å². The van der Waals surface area contributed by atoms with Gasteiger partial charge in [0, 0.05) is 31.7 Å². The molecule has 0 radical (unpaired) electrons. The van der Waals surface area contributed by atoms with Crippen molar-refractivity contribution in [1.82, 2.24) is 15.3 Å². The largest absolute Gasteiger partial charge is 0.472 e. The molecule has 1 aliphatic heterocycles. The van der Waals surface area contributed by atoms with E-state index in [-0.39, 0.29) is 12.4 Å². The van der Waals surface area contributed by atoms with E-state index in [1.165, 1.54) is 6.07 Å². The number of aromatic nitrogens is 2. The van der Waals surface area contributed by atoms with E-state index in [1.807, 2.05) is 0 Å². The van der Waals surface area contributed by atoms with E-state index in [2.05, 4.69) is 20.2 Å². The molecule has 0 saturated carbocycles. The molecule has 0 aliphatic carbocycles. The molecule has 0 amide bonds. The van der Waals surface area contributed by atoms with E-state index in [9.17, 15) is 4.39 Å². The molecule has 2 heterocycles. The minimum atomic E-state index is -0.274. The number of anilines is 1. The second-order valence-electron chi connectivity index (χ2n) is 4.83. The van der Waals surface area contributed by atoms with Crippen LogP contribution in [0.4, 0.5) is 10.2 Å². The lowest BCUT2D eigenvalue weighted by atomic mass is 10.2. The van der Waals surface area contributed by atoms with Gasteiger partial charge in [0.2, 0.25) is 5.88 Å². The molecule has 5 nitrogen and oxygen atoms in total. The van der Waals surface area contributed by atoms with Crippen LogP contribution < -0.4 is 15.0 Å². The van der Waals surface area contributed by atoms with Crippen LogP contribution in [-0.4, -0.2) is 36.1 Å². The molecule has 0 spiro atoms. The standard InChI is InChI=1S/C15H17FN4O/c16-13-4-2-1-3-12(13)11-21-15-10-18-9-14(19-15)20-7-5-17-6-8-20/h1-4,9-10,17H,5-8,11H2. The molecule has 0 bridgehead atoms. The van der Waals surface area contributed by atoms with Crippen molar-refractivity contribution in [3.05, 3.63) is 48.0 Å². The summed E-state index contributed by atoms with van der Waals surface area (Å²) in [6, 6.07) is 6.55. The Hall–Kier alpha value is -2.21. The molecule has 1 aromatic heterocycles. The van der Waals surface area contributed by atoms with Gasteiger partial charge in [0.1, 0.15) is 12.4 Å². The summed E-state index contributed by atoms with van der Waals surface area (Å²) in [5, 5.41) is 3.29. The van der Waals surface area contributed by atoms with Gasteiger partial charge in [-0.2, -0.15) is 4.98 Å². The lowest BCUT2D eigenvalue weighted by molar-refractivity contribution is 0.286. The van der Waals surface area contributed by atoms with Crippen molar-refractivity contribution in [2.75, 3.05) is 31.1 Å². The third kappa shape index (κ3) is 3.46. The molecular formula is C15H17FN4O. The zero-order valence-corrected chi connectivity index (χ0v) is 11.6. The Morgan fingerprint density at radius 2 is 2.00 bits per heavy atom. The Balaban J connectivity index is 1.67. The summed E-state index contributed by atoms with van der Waals surface area (Å²) in [5.41, 5.74) is 0.506. The van der Waals surface area contributed by atoms with Gasteiger partial charge in [0.15, 0.2) is 5.82 Å². The van der Waals surface area contributed by atoms with E-state index in [0.717, 1.165) is 32.0 Å². The lowest BCUT2D eigenvalue weighted by Gasteiger charge is -2.28. The first-order chi connectivity index (χ1) is 10.3. The van der Waals surface area contributed by atoms with Gasteiger partial charge >= 0.3 is 0 Å². The van der Waals surface area contributed by atoms with E-state index in [0.29, 0.717) is 11.4 Å². The maximum atomic E-state index is 13.5. The van der Waals surface area contributed by atoms with Gasteiger partial charge in [-0.1, -0.05) is 18.2 Å². The summed E-state index contributed by atoms with van der Waals surface area (Å²) in [7, 11) is 0. The van der Waals surface area contributed by atoms with Crippen LogP contribution in [0.2, 0.25) is 0 Å². The van der Waals surface area contributed by atoms with Crippen LogP contribution in [0.25, 0.3) is 0 Å². The number of rotatable bonds is 4. The SMILES string of the molecule is Fc1ccccc1COc1cncc(N2CCNCC2)n1. The normalized spacial score (nSPS) is 15.0. The summed E-state index contributed by atoms with van der Waals surface area (Å²) in [5.74, 6) is 0.931. The van der Waals surface area contributed by atoms with Crippen molar-refractivity contribution in [3.63, 3.8) is 0 Å². The van der Waals surface area contributed by atoms with Crippen LogP contribution in [-0.2, 0) is 6.61 Å². The van der Waals surface area contributed by atoms with E-state index in [4.69, 9.17) is 4.74 Å². The van der Waals surface area contributed by atoms with Crippen LogP contribution in [0.15, 0.2) is 36.7 Å². The number of piperazine rings is 1. The molecule has 3 rings (SSSR count). The summed E-state index contributed by atoms with van der Waals surface area (Å²) in [6.07, 6.45) is 3.27. The molecule has 0 unspecified atom stereocenters. The molecule has 1 aromatic carbocycles. The topological polar surface area (TPSA) is 50.3 Å². The van der Waals surface area contributed by atoms with Crippen LogP contribution in [0.3, 0.4) is 0 Å². The summed E-state index contributed by atoms with van der Waals surface area (Å²) in [4.78, 5) is 10.7. The molecule has 6 heteroatoms. The van der Waals surface area contributed by atoms with Crippen molar-refractivity contribution in [1.29, 1.82) is 0 Å². The number of benzene rings is 1. The highest BCUT2D eigenvalue weighted by Crippen LogP contribution is 2.16.